The maximum Gasteiger partial charge on any atom is 0.277 e. The molecule has 0 radical (unpaired) electrons. The lowest BCUT2D eigenvalue weighted by Crippen LogP contribution is -2.28. The molecule has 0 atom stereocenters. The van der Waals surface area contributed by atoms with Crippen LogP contribution in [0, 0.1) is 0 Å². The van der Waals surface area contributed by atoms with Crippen molar-refractivity contribution in [1.82, 2.24) is 14.2 Å². The van der Waals surface area contributed by atoms with Crippen molar-refractivity contribution in [2.75, 3.05) is 26.1 Å². The van der Waals surface area contributed by atoms with Crippen molar-refractivity contribution >= 4 is 17.1 Å². The Morgan fingerprint density at radius 3 is 2.55 bits per heavy atom. The molecule has 170 valence electrons. The van der Waals surface area contributed by atoms with E-state index in [0.29, 0.717) is 40.8 Å². The molecule has 2 heterocycles. The Bertz CT molecular complexity index is 1360. The predicted molar refractivity (Wildman–Crippen MR) is 124 cm³/mol. The van der Waals surface area contributed by atoms with E-state index < -0.39 is 0 Å². The highest BCUT2D eigenvalue weighted by molar-refractivity contribution is 5.92. The van der Waals surface area contributed by atoms with Crippen LogP contribution in [0.1, 0.15) is 6.92 Å². The smallest absolute Gasteiger partial charge is 0.277 e. The van der Waals surface area contributed by atoms with Crippen LogP contribution in [-0.2, 0) is 11.3 Å². The normalized spacial score (nSPS) is 10.8. The number of carbonyl (C=O) groups excluding carboxylic acids is 1. The van der Waals surface area contributed by atoms with E-state index in [-0.39, 0.29) is 18.0 Å². The average Bonchev–Trinajstić information content (AvgIpc) is 3.27. The molecule has 0 unspecified atom stereocenters. The minimum atomic E-state index is -0.340. The molecule has 0 aliphatic heterocycles. The summed E-state index contributed by atoms with van der Waals surface area (Å²) < 4.78 is 19.0. The maximum atomic E-state index is 13.0. The highest BCUT2D eigenvalue weighted by Gasteiger charge is 2.14. The number of anilines is 1. The van der Waals surface area contributed by atoms with E-state index in [1.165, 1.54) is 15.3 Å². The molecule has 2 aromatic carbocycles. The average molecular weight is 448 g/mol. The molecule has 4 rings (SSSR count). The third kappa shape index (κ3) is 4.52. The minimum Gasteiger partial charge on any atom is -0.493 e. The van der Waals surface area contributed by atoms with Crippen LogP contribution < -0.4 is 25.1 Å². The molecule has 0 aliphatic rings. The van der Waals surface area contributed by atoms with Crippen LogP contribution in [0.25, 0.3) is 16.8 Å². The maximum absolute atomic E-state index is 13.0. The number of hydrogen-bond acceptors (Lipinski definition) is 6. The summed E-state index contributed by atoms with van der Waals surface area (Å²) in [7, 11) is 3.12. The SMILES string of the molecule is CCOc1ccccc1NC(=O)Cn1ccn2nc(-c3ccc(OC)c(OC)c3)cc2c1=O. The van der Waals surface area contributed by atoms with Crippen LogP contribution in [0.2, 0.25) is 0 Å². The summed E-state index contributed by atoms with van der Waals surface area (Å²) in [6.45, 7) is 2.20. The van der Waals surface area contributed by atoms with Crippen LogP contribution >= 0.6 is 0 Å². The molecule has 0 spiro atoms. The Morgan fingerprint density at radius 1 is 1.00 bits per heavy atom. The summed E-state index contributed by atoms with van der Waals surface area (Å²) >= 11 is 0. The first-order valence-corrected chi connectivity index (χ1v) is 10.4. The van der Waals surface area contributed by atoms with E-state index >= 15 is 0 Å². The van der Waals surface area contributed by atoms with Crippen molar-refractivity contribution < 1.29 is 19.0 Å². The number of methoxy groups -OCH3 is 2. The van der Waals surface area contributed by atoms with Gasteiger partial charge in [-0.15, -0.1) is 0 Å². The van der Waals surface area contributed by atoms with Crippen molar-refractivity contribution in [3.8, 4) is 28.5 Å². The molecule has 0 saturated heterocycles. The quantitative estimate of drug-likeness (QED) is 0.445. The van der Waals surface area contributed by atoms with Crippen LogP contribution in [0.3, 0.4) is 0 Å². The van der Waals surface area contributed by atoms with E-state index in [0.717, 1.165) is 5.56 Å². The molecular weight excluding hydrogens is 424 g/mol. The molecule has 0 bridgehead atoms. The van der Waals surface area contributed by atoms with Gasteiger partial charge in [-0.2, -0.15) is 5.10 Å². The minimum absolute atomic E-state index is 0.146. The fraction of sp³-hybridized carbons (Fsp3) is 0.208. The van der Waals surface area contributed by atoms with Gasteiger partial charge in [-0.05, 0) is 43.3 Å². The molecule has 0 saturated carbocycles. The van der Waals surface area contributed by atoms with Gasteiger partial charge in [0, 0.05) is 18.0 Å². The van der Waals surface area contributed by atoms with Crippen molar-refractivity contribution in [1.29, 1.82) is 0 Å². The lowest BCUT2D eigenvalue weighted by molar-refractivity contribution is -0.116. The van der Waals surface area contributed by atoms with Gasteiger partial charge in [-0.3, -0.25) is 9.59 Å². The summed E-state index contributed by atoms with van der Waals surface area (Å²) in [5, 5.41) is 7.29. The molecule has 0 aliphatic carbocycles. The first kappa shape index (κ1) is 21.9. The summed E-state index contributed by atoms with van der Waals surface area (Å²) in [6.07, 6.45) is 3.18. The number of para-hydroxylation sites is 2. The number of aromatic nitrogens is 3. The Kier molecular flexibility index (Phi) is 6.30. The zero-order valence-corrected chi connectivity index (χ0v) is 18.6. The number of hydrogen-bond donors (Lipinski definition) is 1. The number of nitrogens with zero attached hydrogens (tertiary/aromatic N) is 3. The van der Waals surface area contributed by atoms with Gasteiger partial charge in [0.25, 0.3) is 5.56 Å². The van der Waals surface area contributed by atoms with Gasteiger partial charge < -0.3 is 24.1 Å². The van der Waals surface area contributed by atoms with E-state index in [1.54, 1.807) is 56.8 Å². The Labute approximate surface area is 190 Å². The van der Waals surface area contributed by atoms with E-state index in [4.69, 9.17) is 14.2 Å². The standard InChI is InChI=1S/C24H24N4O5/c1-4-33-20-8-6-5-7-17(20)25-23(29)15-27-11-12-28-19(24(27)30)14-18(26-28)16-9-10-21(31-2)22(13-16)32-3/h5-14H,4,15H2,1-3H3,(H,25,29). The number of nitrogens with one attached hydrogen (secondary N) is 1. The topological polar surface area (TPSA) is 96.1 Å². The van der Waals surface area contributed by atoms with Gasteiger partial charge >= 0.3 is 0 Å². The predicted octanol–water partition coefficient (Wildman–Crippen LogP) is 3.22. The van der Waals surface area contributed by atoms with Crippen LogP contribution in [0.5, 0.6) is 17.2 Å². The van der Waals surface area contributed by atoms with Gasteiger partial charge in [0.1, 0.15) is 17.8 Å². The fourth-order valence-corrected chi connectivity index (χ4v) is 3.48. The van der Waals surface area contributed by atoms with Crippen LogP contribution in [-0.4, -0.2) is 40.9 Å². The highest BCUT2D eigenvalue weighted by atomic mass is 16.5. The van der Waals surface area contributed by atoms with Crippen LogP contribution in [0.15, 0.2) is 65.7 Å². The highest BCUT2D eigenvalue weighted by Crippen LogP contribution is 2.32. The second-order valence-electron chi connectivity index (χ2n) is 7.14. The zero-order valence-electron chi connectivity index (χ0n) is 18.6. The number of benzene rings is 2. The Morgan fingerprint density at radius 2 is 1.79 bits per heavy atom. The molecule has 0 fully saturated rings. The summed E-state index contributed by atoms with van der Waals surface area (Å²) in [4.78, 5) is 25.6. The van der Waals surface area contributed by atoms with Gasteiger partial charge in [0.2, 0.25) is 5.91 Å². The number of ether oxygens (including phenoxy) is 3. The first-order chi connectivity index (χ1) is 16.0. The second kappa shape index (κ2) is 9.47. The zero-order chi connectivity index (χ0) is 23.4. The molecule has 4 aromatic rings. The van der Waals surface area contributed by atoms with E-state index in [1.807, 2.05) is 19.1 Å². The molecule has 9 nitrogen and oxygen atoms in total. The van der Waals surface area contributed by atoms with Gasteiger partial charge in [-0.25, -0.2) is 4.52 Å². The van der Waals surface area contributed by atoms with Crippen molar-refractivity contribution in [2.45, 2.75) is 13.5 Å². The van der Waals surface area contributed by atoms with Gasteiger partial charge in [0.05, 0.1) is 32.2 Å². The lowest BCUT2D eigenvalue weighted by Gasteiger charge is -2.12. The molecule has 9 heteroatoms. The number of rotatable bonds is 8. The second-order valence-corrected chi connectivity index (χ2v) is 7.14. The van der Waals surface area contributed by atoms with Crippen molar-refractivity contribution in [2.24, 2.45) is 0 Å². The molecule has 1 amide bonds. The van der Waals surface area contributed by atoms with E-state index in [9.17, 15) is 9.59 Å². The number of amides is 1. The van der Waals surface area contributed by atoms with Crippen LogP contribution in [0.4, 0.5) is 5.69 Å². The monoisotopic (exact) mass is 448 g/mol. The third-order valence-electron chi connectivity index (χ3n) is 5.06. The first-order valence-electron chi connectivity index (χ1n) is 10.4. The van der Waals surface area contributed by atoms with Crippen molar-refractivity contribution in [3.05, 3.63) is 71.3 Å². The number of carbonyl (C=O) groups is 1. The van der Waals surface area contributed by atoms with Gasteiger partial charge in [-0.1, -0.05) is 12.1 Å². The van der Waals surface area contributed by atoms with Crippen molar-refractivity contribution in [3.63, 3.8) is 0 Å². The molecular formula is C24H24N4O5. The fourth-order valence-electron chi connectivity index (χ4n) is 3.48. The van der Waals surface area contributed by atoms with Gasteiger partial charge in [0.15, 0.2) is 11.5 Å². The molecule has 1 N–H and O–H groups in total. The Balaban J connectivity index is 1.59. The summed E-state index contributed by atoms with van der Waals surface area (Å²) in [6, 6.07) is 14.3. The lowest BCUT2D eigenvalue weighted by atomic mass is 10.1. The largest absolute Gasteiger partial charge is 0.493 e. The van der Waals surface area contributed by atoms with E-state index in [2.05, 4.69) is 10.4 Å². The molecule has 33 heavy (non-hydrogen) atoms. The summed E-state index contributed by atoms with van der Waals surface area (Å²) in [5.41, 5.74) is 1.95. The number of fused-ring (bicyclic) bond motifs is 1. The summed E-state index contributed by atoms with van der Waals surface area (Å²) in [5.74, 6) is 1.40. The molecule has 2 aromatic heterocycles. The Hall–Kier alpha value is -4.27. The third-order valence-corrected chi connectivity index (χ3v) is 5.06.